The van der Waals surface area contributed by atoms with Gasteiger partial charge in [0.05, 0.1) is 6.54 Å². The summed E-state index contributed by atoms with van der Waals surface area (Å²) in [6.45, 7) is 6.44. The number of amides is 1. The van der Waals surface area contributed by atoms with E-state index in [9.17, 15) is 9.59 Å². The topological polar surface area (TPSA) is 95.7 Å². The normalized spacial score (nSPS) is 11.1. The van der Waals surface area contributed by atoms with E-state index in [1.807, 2.05) is 18.7 Å². The molecule has 112 valence electrons. The van der Waals surface area contributed by atoms with Crippen LogP contribution in [0.2, 0.25) is 0 Å². The Morgan fingerprint density at radius 1 is 1.50 bits per heavy atom. The largest absolute Gasteiger partial charge is 0.481 e. The van der Waals surface area contributed by atoms with Gasteiger partial charge in [0.15, 0.2) is 5.82 Å². The molecule has 0 unspecified atom stereocenters. The van der Waals surface area contributed by atoms with Gasteiger partial charge in [-0.05, 0) is 33.7 Å². The van der Waals surface area contributed by atoms with Crippen molar-refractivity contribution in [1.82, 2.24) is 10.1 Å². The molecule has 20 heavy (non-hydrogen) atoms. The van der Waals surface area contributed by atoms with Crippen molar-refractivity contribution in [1.29, 1.82) is 0 Å². The Labute approximate surface area is 117 Å². The lowest BCUT2D eigenvalue weighted by atomic mass is 10.2. The maximum atomic E-state index is 11.9. The number of hydrogen-bond donors (Lipinski definition) is 2. The number of carbonyl (C=O) groups excluding carboxylic acids is 1. The molecule has 1 aromatic heterocycles. The van der Waals surface area contributed by atoms with E-state index >= 15 is 0 Å². The van der Waals surface area contributed by atoms with Crippen LogP contribution in [0.4, 0.5) is 5.82 Å². The highest BCUT2D eigenvalue weighted by Crippen LogP contribution is 2.08. The van der Waals surface area contributed by atoms with Crippen LogP contribution >= 0.6 is 0 Å². The molecule has 0 atom stereocenters. The maximum Gasteiger partial charge on any atom is 0.303 e. The van der Waals surface area contributed by atoms with E-state index in [1.165, 1.54) is 0 Å². The Balaban J connectivity index is 2.44. The molecular weight excluding hydrogens is 262 g/mol. The molecule has 7 nitrogen and oxygen atoms in total. The van der Waals surface area contributed by atoms with Gasteiger partial charge in [0.25, 0.3) is 0 Å². The molecule has 0 bridgehead atoms. The molecule has 0 aliphatic heterocycles. The lowest BCUT2D eigenvalue weighted by Crippen LogP contribution is -2.38. The minimum absolute atomic E-state index is 0.104. The molecule has 0 aliphatic rings. The van der Waals surface area contributed by atoms with Gasteiger partial charge in [0.2, 0.25) is 5.91 Å². The Hall–Kier alpha value is -1.89. The van der Waals surface area contributed by atoms with Crippen molar-refractivity contribution in [2.24, 2.45) is 0 Å². The van der Waals surface area contributed by atoms with Crippen molar-refractivity contribution in [3.05, 3.63) is 11.8 Å². The number of rotatable bonds is 8. The van der Waals surface area contributed by atoms with Gasteiger partial charge in [0, 0.05) is 18.5 Å². The zero-order valence-electron chi connectivity index (χ0n) is 12.0. The second-order valence-corrected chi connectivity index (χ2v) is 4.93. The van der Waals surface area contributed by atoms with Crippen LogP contribution in [-0.2, 0) is 9.59 Å². The van der Waals surface area contributed by atoms with Crippen molar-refractivity contribution in [2.45, 2.75) is 39.7 Å². The second kappa shape index (κ2) is 7.64. The predicted molar refractivity (Wildman–Crippen MR) is 73.4 cm³/mol. The van der Waals surface area contributed by atoms with Gasteiger partial charge in [-0.2, -0.15) is 0 Å². The van der Waals surface area contributed by atoms with Gasteiger partial charge in [-0.25, -0.2) is 0 Å². The van der Waals surface area contributed by atoms with Gasteiger partial charge in [-0.3, -0.25) is 14.5 Å². The van der Waals surface area contributed by atoms with Crippen molar-refractivity contribution in [3.8, 4) is 0 Å². The van der Waals surface area contributed by atoms with E-state index in [0.717, 1.165) is 0 Å². The Morgan fingerprint density at radius 2 is 2.20 bits per heavy atom. The van der Waals surface area contributed by atoms with Crippen molar-refractivity contribution in [2.75, 3.05) is 18.4 Å². The summed E-state index contributed by atoms with van der Waals surface area (Å²) < 4.78 is 4.87. The molecule has 0 aromatic carbocycles. The second-order valence-electron chi connectivity index (χ2n) is 4.93. The summed E-state index contributed by atoms with van der Waals surface area (Å²) in [6.07, 6.45) is 0.622. The van der Waals surface area contributed by atoms with E-state index in [2.05, 4.69) is 10.5 Å². The monoisotopic (exact) mass is 283 g/mol. The molecule has 0 aliphatic carbocycles. The number of nitrogens with zero attached hydrogens (tertiary/aromatic N) is 2. The summed E-state index contributed by atoms with van der Waals surface area (Å²) in [5.74, 6) is 0.00257. The molecule has 1 rings (SSSR count). The SMILES string of the molecule is Cc1cc(NC(=O)CN(CCCC(=O)O)C(C)C)no1. The fourth-order valence-corrected chi connectivity index (χ4v) is 1.75. The van der Waals surface area contributed by atoms with Crippen molar-refractivity contribution < 1.29 is 19.2 Å². The number of aromatic nitrogens is 1. The first-order valence-electron chi connectivity index (χ1n) is 6.57. The Morgan fingerprint density at radius 3 is 2.70 bits per heavy atom. The molecule has 1 heterocycles. The number of aliphatic carboxylic acids is 1. The van der Waals surface area contributed by atoms with Gasteiger partial charge in [-0.15, -0.1) is 0 Å². The van der Waals surface area contributed by atoms with E-state index in [-0.39, 0.29) is 24.9 Å². The first-order chi connectivity index (χ1) is 9.38. The summed E-state index contributed by atoms with van der Waals surface area (Å²) in [5, 5.41) is 15.0. The standard InChI is InChI=1S/C13H21N3O4/c1-9(2)16(6-4-5-13(18)19)8-12(17)14-11-7-10(3)20-15-11/h7,9H,4-6,8H2,1-3H3,(H,18,19)(H,14,15,17). The first kappa shape index (κ1) is 16.2. The molecule has 0 spiro atoms. The first-order valence-corrected chi connectivity index (χ1v) is 6.57. The quantitative estimate of drug-likeness (QED) is 0.750. The number of hydrogen-bond acceptors (Lipinski definition) is 5. The molecule has 2 N–H and O–H groups in total. The van der Waals surface area contributed by atoms with E-state index in [4.69, 9.17) is 9.63 Å². The molecule has 1 aromatic rings. The fourth-order valence-electron chi connectivity index (χ4n) is 1.75. The van der Waals surface area contributed by atoms with Gasteiger partial charge in [0.1, 0.15) is 5.76 Å². The van der Waals surface area contributed by atoms with Crippen LogP contribution in [-0.4, -0.2) is 46.2 Å². The highest BCUT2D eigenvalue weighted by Gasteiger charge is 2.15. The predicted octanol–water partition coefficient (Wildman–Crippen LogP) is 1.50. The zero-order chi connectivity index (χ0) is 15.1. The summed E-state index contributed by atoms with van der Waals surface area (Å²) in [6, 6.07) is 1.80. The van der Waals surface area contributed by atoms with Crippen LogP contribution in [0.1, 0.15) is 32.4 Å². The third-order valence-electron chi connectivity index (χ3n) is 2.81. The van der Waals surface area contributed by atoms with Gasteiger partial charge < -0.3 is 14.9 Å². The average Bonchev–Trinajstić information content (AvgIpc) is 2.72. The van der Waals surface area contributed by atoms with E-state index in [1.54, 1.807) is 13.0 Å². The molecule has 7 heteroatoms. The zero-order valence-corrected chi connectivity index (χ0v) is 12.0. The summed E-state index contributed by atoms with van der Waals surface area (Å²) >= 11 is 0. The van der Waals surface area contributed by atoms with Crippen LogP contribution in [0.25, 0.3) is 0 Å². The van der Waals surface area contributed by atoms with Crippen LogP contribution in [0.15, 0.2) is 10.6 Å². The molecule has 0 saturated heterocycles. The summed E-state index contributed by atoms with van der Waals surface area (Å²) in [7, 11) is 0. The minimum atomic E-state index is -0.823. The van der Waals surface area contributed by atoms with Crippen molar-refractivity contribution >= 4 is 17.7 Å². The lowest BCUT2D eigenvalue weighted by molar-refractivity contribution is -0.137. The van der Waals surface area contributed by atoms with Gasteiger partial charge in [-0.1, -0.05) is 5.16 Å². The van der Waals surface area contributed by atoms with Crippen LogP contribution < -0.4 is 5.32 Å². The number of carbonyl (C=O) groups is 2. The summed E-state index contributed by atoms with van der Waals surface area (Å²) in [4.78, 5) is 24.3. The van der Waals surface area contributed by atoms with Crippen LogP contribution in [0.5, 0.6) is 0 Å². The van der Waals surface area contributed by atoms with E-state index < -0.39 is 5.97 Å². The molecule has 1 amide bonds. The summed E-state index contributed by atoms with van der Waals surface area (Å²) in [5.41, 5.74) is 0. The Bertz CT molecular complexity index is 456. The van der Waals surface area contributed by atoms with Crippen molar-refractivity contribution in [3.63, 3.8) is 0 Å². The minimum Gasteiger partial charge on any atom is -0.481 e. The Kier molecular flexibility index (Phi) is 6.17. The number of aryl methyl sites for hydroxylation is 1. The number of nitrogens with one attached hydrogen (secondary N) is 1. The lowest BCUT2D eigenvalue weighted by Gasteiger charge is -2.25. The average molecular weight is 283 g/mol. The highest BCUT2D eigenvalue weighted by atomic mass is 16.5. The number of carboxylic acids is 1. The fraction of sp³-hybridized carbons (Fsp3) is 0.615. The smallest absolute Gasteiger partial charge is 0.303 e. The number of carboxylic acid groups (broad SMARTS) is 1. The maximum absolute atomic E-state index is 11.9. The third kappa shape index (κ3) is 5.83. The number of anilines is 1. The molecule has 0 radical (unpaired) electrons. The highest BCUT2D eigenvalue weighted by molar-refractivity contribution is 5.91. The third-order valence-corrected chi connectivity index (χ3v) is 2.81. The van der Waals surface area contributed by atoms with Crippen LogP contribution in [0.3, 0.4) is 0 Å². The molecule has 0 fully saturated rings. The van der Waals surface area contributed by atoms with E-state index in [0.29, 0.717) is 24.5 Å². The molecular formula is C13H21N3O4. The van der Waals surface area contributed by atoms with Gasteiger partial charge >= 0.3 is 5.97 Å². The molecule has 0 saturated carbocycles. The van der Waals surface area contributed by atoms with Crippen LogP contribution in [0, 0.1) is 6.92 Å².